The van der Waals surface area contributed by atoms with Crippen molar-refractivity contribution in [3.63, 3.8) is 0 Å². The molecule has 0 bridgehead atoms. The van der Waals surface area contributed by atoms with E-state index >= 15 is 0 Å². The van der Waals surface area contributed by atoms with Crippen molar-refractivity contribution >= 4 is 33.3 Å². The number of carbonyl (C=O) groups excluding carboxylic acids is 1. The third-order valence-corrected chi connectivity index (χ3v) is 6.00. The van der Waals surface area contributed by atoms with Crippen molar-refractivity contribution in [1.82, 2.24) is 4.90 Å². The molecule has 4 nitrogen and oxygen atoms in total. The third kappa shape index (κ3) is 2.03. The number of fused-ring (bicyclic) bond motifs is 2. The molecular weight excluding hydrogens is 298 g/mol. The molecule has 5 heteroatoms. The molecule has 1 aliphatic heterocycles. The molecule has 1 N–H and O–H groups in total. The first-order valence-electron chi connectivity index (χ1n) is 7.66. The van der Waals surface area contributed by atoms with Gasteiger partial charge in [-0.25, -0.2) is 4.79 Å². The molecule has 2 aliphatic rings. The van der Waals surface area contributed by atoms with Gasteiger partial charge in [-0.05, 0) is 59.7 Å². The fourth-order valence-corrected chi connectivity index (χ4v) is 4.87. The van der Waals surface area contributed by atoms with Crippen molar-refractivity contribution < 1.29 is 14.7 Å². The first-order chi connectivity index (χ1) is 10.6. The predicted molar refractivity (Wildman–Crippen MR) is 85.1 cm³/mol. The van der Waals surface area contributed by atoms with Gasteiger partial charge in [-0.3, -0.25) is 4.79 Å². The first kappa shape index (κ1) is 13.8. The summed E-state index contributed by atoms with van der Waals surface area (Å²) < 4.78 is 1.14. The summed E-state index contributed by atoms with van der Waals surface area (Å²) >= 11 is 1.64. The Morgan fingerprint density at radius 2 is 2.09 bits per heavy atom. The van der Waals surface area contributed by atoms with Crippen LogP contribution >= 0.6 is 11.3 Å². The predicted octanol–water partition coefficient (Wildman–Crippen LogP) is 3.23. The highest BCUT2D eigenvalue weighted by atomic mass is 32.1. The maximum Gasteiger partial charge on any atom is 0.326 e. The minimum Gasteiger partial charge on any atom is -0.480 e. The van der Waals surface area contributed by atoms with Gasteiger partial charge < -0.3 is 10.0 Å². The summed E-state index contributed by atoms with van der Waals surface area (Å²) in [6.07, 6.45) is 3.05. The van der Waals surface area contributed by atoms with E-state index < -0.39 is 12.0 Å². The van der Waals surface area contributed by atoms with E-state index in [0.717, 1.165) is 29.3 Å². The average molecular weight is 315 g/mol. The standard InChI is InChI=1S/C17H17NO3S/c19-16(11-4-5-14-10(8-11)6-7-22-14)18-9-12-2-1-3-13(12)15(18)17(20)21/h4-8,12-13,15H,1-3,9H2,(H,20,21)/t12-,13+,15-/m0/s1. The molecule has 2 heterocycles. The van der Waals surface area contributed by atoms with E-state index in [2.05, 4.69) is 0 Å². The van der Waals surface area contributed by atoms with Gasteiger partial charge in [0.25, 0.3) is 5.91 Å². The van der Waals surface area contributed by atoms with Crippen LogP contribution < -0.4 is 0 Å². The molecule has 0 spiro atoms. The molecule has 1 aliphatic carbocycles. The smallest absolute Gasteiger partial charge is 0.326 e. The highest BCUT2D eigenvalue weighted by Gasteiger charge is 2.49. The number of benzene rings is 1. The van der Waals surface area contributed by atoms with Gasteiger partial charge in [-0.1, -0.05) is 6.42 Å². The van der Waals surface area contributed by atoms with Crippen molar-refractivity contribution in [2.45, 2.75) is 25.3 Å². The zero-order valence-corrected chi connectivity index (χ0v) is 12.9. The van der Waals surface area contributed by atoms with E-state index in [9.17, 15) is 14.7 Å². The monoisotopic (exact) mass is 315 g/mol. The summed E-state index contributed by atoms with van der Waals surface area (Å²) in [6, 6.07) is 6.97. The summed E-state index contributed by atoms with van der Waals surface area (Å²) in [5.74, 6) is -0.518. The number of carbonyl (C=O) groups is 2. The number of hydrogen-bond acceptors (Lipinski definition) is 3. The second-order valence-corrected chi connectivity index (χ2v) is 7.22. The Balaban J connectivity index is 1.67. The number of thiophene rings is 1. The van der Waals surface area contributed by atoms with E-state index in [-0.39, 0.29) is 11.8 Å². The Morgan fingerprint density at radius 1 is 1.23 bits per heavy atom. The van der Waals surface area contributed by atoms with Gasteiger partial charge in [0.1, 0.15) is 6.04 Å². The zero-order chi connectivity index (χ0) is 15.3. The van der Waals surface area contributed by atoms with Crippen LogP contribution in [0.1, 0.15) is 29.6 Å². The number of rotatable bonds is 2. The molecule has 2 aromatic rings. The van der Waals surface area contributed by atoms with E-state index in [4.69, 9.17) is 0 Å². The minimum atomic E-state index is -0.862. The quantitative estimate of drug-likeness (QED) is 0.925. The van der Waals surface area contributed by atoms with Gasteiger partial charge in [0.05, 0.1) is 0 Å². The van der Waals surface area contributed by atoms with Crippen LogP contribution in [0.4, 0.5) is 0 Å². The summed E-state index contributed by atoms with van der Waals surface area (Å²) in [6.45, 7) is 0.585. The Bertz CT molecular complexity index is 753. The largest absolute Gasteiger partial charge is 0.480 e. The third-order valence-electron chi connectivity index (χ3n) is 5.10. The molecule has 4 rings (SSSR count). The van der Waals surface area contributed by atoms with Crippen LogP contribution in [-0.2, 0) is 4.79 Å². The van der Waals surface area contributed by atoms with Crippen LogP contribution in [0.2, 0.25) is 0 Å². The first-order valence-corrected chi connectivity index (χ1v) is 8.54. The lowest BCUT2D eigenvalue weighted by molar-refractivity contribution is -0.142. The van der Waals surface area contributed by atoms with E-state index in [1.165, 1.54) is 0 Å². The van der Waals surface area contributed by atoms with Crippen LogP contribution in [0.3, 0.4) is 0 Å². The SMILES string of the molecule is O=C(O)[C@@H]1[C@@H]2CCC[C@H]2CN1C(=O)c1ccc2sccc2c1. The molecule has 1 amide bonds. The molecule has 3 atom stereocenters. The number of aliphatic carboxylic acids is 1. The number of nitrogens with zero attached hydrogens (tertiary/aromatic N) is 1. The lowest BCUT2D eigenvalue weighted by Gasteiger charge is -2.24. The van der Waals surface area contributed by atoms with Crippen molar-refractivity contribution in [3.05, 3.63) is 35.2 Å². The summed E-state index contributed by atoms with van der Waals surface area (Å²) in [5.41, 5.74) is 0.595. The second-order valence-electron chi connectivity index (χ2n) is 6.27. The molecule has 1 aromatic carbocycles. The van der Waals surface area contributed by atoms with Gasteiger partial charge in [0.2, 0.25) is 0 Å². The topological polar surface area (TPSA) is 57.6 Å². The number of amides is 1. The van der Waals surface area contributed by atoms with Crippen molar-refractivity contribution in [3.8, 4) is 0 Å². The van der Waals surface area contributed by atoms with Crippen LogP contribution in [-0.4, -0.2) is 34.5 Å². The fourth-order valence-electron chi connectivity index (χ4n) is 4.10. The maximum atomic E-state index is 12.8. The fraction of sp³-hybridized carbons (Fsp3) is 0.412. The molecule has 22 heavy (non-hydrogen) atoms. The Kier molecular flexibility index (Phi) is 3.18. The van der Waals surface area contributed by atoms with Gasteiger partial charge >= 0.3 is 5.97 Å². The number of likely N-dealkylation sites (tertiary alicyclic amines) is 1. The Hall–Kier alpha value is -1.88. The molecule has 1 saturated carbocycles. The average Bonchev–Trinajstić information content (AvgIpc) is 3.19. The van der Waals surface area contributed by atoms with Crippen molar-refractivity contribution in [2.75, 3.05) is 6.54 Å². The molecular formula is C17H17NO3S. The van der Waals surface area contributed by atoms with Gasteiger partial charge in [-0.2, -0.15) is 0 Å². The van der Waals surface area contributed by atoms with Crippen LogP contribution in [0.15, 0.2) is 29.6 Å². The molecule has 0 unspecified atom stereocenters. The summed E-state index contributed by atoms with van der Waals surface area (Å²) in [7, 11) is 0. The number of hydrogen-bond donors (Lipinski definition) is 1. The van der Waals surface area contributed by atoms with Crippen molar-refractivity contribution in [2.24, 2.45) is 11.8 Å². The molecule has 2 fully saturated rings. The zero-order valence-electron chi connectivity index (χ0n) is 12.1. The molecule has 114 valence electrons. The van der Waals surface area contributed by atoms with E-state index in [0.29, 0.717) is 18.0 Å². The number of carboxylic acid groups (broad SMARTS) is 1. The Labute approximate surface area is 132 Å². The molecule has 1 aromatic heterocycles. The number of carboxylic acids is 1. The minimum absolute atomic E-state index is 0.131. The lowest BCUT2D eigenvalue weighted by atomic mass is 9.94. The summed E-state index contributed by atoms with van der Waals surface area (Å²) in [4.78, 5) is 26.1. The normalized spacial score (nSPS) is 27.3. The maximum absolute atomic E-state index is 12.8. The van der Waals surface area contributed by atoms with Crippen molar-refractivity contribution in [1.29, 1.82) is 0 Å². The summed E-state index contributed by atoms with van der Waals surface area (Å²) in [5, 5.41) is 12.6. The van der Waals surface area contributed by atoms with Crippen LogP contribution in [0.25, 0.3) is 10.1 Å². The van der Waals surface area contributed by atoms with Gasteiger partial charge in [-0.15, -0.1) is 11.3 Å². The van der Waals surface area contributed by atoms with Gasteiger partial charge in [0.15, 0.2) is 0 Å². The Morgan fingerprint density at radius 3 is 2.91 bits per heavy atom. The van der Waals surface area contributed by atoms with E-state index in [1.54, 1.807) is 16.2 Å². The highest BCUT2D eigenvalue weighted by Crippen LogP contribution is 2.42. The molecule has 0 radical (unpaired) electrons. The van der Waals surface area contributed by atoms with E-state index in [1.807, 2.05) is 29.6 Å². The van der Waals surface area contributed by atoms with Crippen LogP contribution in [0.5, 0.6) is 0 Å². The van der Waals surface area contributed by atoms with Crippen LogP contribution in [0, 0.1) is 11.8 Å². The van der Waals surface area contributed by atoms with Gasteiger partial charge in [0, 0.05) is 16.8 Å². The highest BCUT2D eigenvalue weighted by molar-refractivity contribution is 7.17. The molecule has 1 saturated heterocycles. The second kappa shape index (κ2) is 5.09. The lowest BCUT2D eigenvalue weighted by Crippen LogP contribution is -2.43.